The van der Waals surface area contributed by atoms with Gasteiger partial charge in [0.15, 0.2) is 0 Å². The molecule has 0 saturated heterocycles. The Kier molecular flexibility index (Phi) is 4.04. The van der Waals surface area contributed by atoms with Crippen molar-refractivity contribution in [2.24, 2.45) is 5.16 Å². The van der Waals surface area contributed by atoms with Crippen molar-refractivity contribution in [1.82, 2.24) is 0 Å². The van der Waals surface area contributed by atoms with E-state index in [9.17, 15) is 8.78 Å². The summed E-state index contributed by atoms with van der Waals surface area (Å²) < 4.78 is 24.9. The summed E-state index contributed by atoms with van der Waals surface area (Å²) in [4.78, 5) is 4.70. The zero-order chi connectivity index (χ0) is 10.4. The highest BCUT2D eigenvalue weighted by Crippen LogP contribution is 2.21. The first kappa shape index (κ1) is 10.6. The Morgan fingerprint density at radius 1 is 1.43 bits per heavy atom. The van der Waals surface area contributed by atoms with E-state index in [1.54, 1.807) is 25.1 Å². The Hall–Kier alpha value is -1.45. The molecule has 0 aliphatic rings. The van der Waals surface area contributed by atoms with E-state index in [0.29, 0.717) is 12.2 Å². The van der Waals surface area contributed by atoms with Gasteiger partial charge in [0.25, 0.3) is 6.43 Å². The molecule has 0 amide bonds. The van der Waals surface area contributed by atoms with Gasteiger partial charge in [-0.2, -0.15) is 0 Å². The lowest BCUT2D eigenvalue weighted by molar-refractivity contribution is 0.150. The van der Waals surface area contributed by atoms with Crippen LogP contribution in [0, 0.1) is 0 Å². The van der Waals surface area contributed by atoms with Crippen LogP contribution in [-0.4, -0.2) is 12.8 Å². The summed E-state index contributed by atoms with van der Waals surface area (Å²) in [6, 6.07) is 6.20. The van der Waals surface area contributed by atoms with Gasteiger partial charge in [-0.3, -0.25) is 0 Å². The molecule has 1 aromatic rings. The third kappa shape index (κ3) is 2.80. The van der Waals surface area contributed by atoms with Crippen LogP contribution in [0.3, 0.4) is 0 Å². The smallest absolute Gasteiger partial charge is 0.264 e. The van der Waals surface area contributed by atoms with Gasteiger partial charge in [0.2, 0.25) is 0 Å². The van der Waals surface area contributed by atoms with Crippen LogP contribution in [-0.2, 0) is 4.84 Å². The number of hydrogen-bond acceptors (Lipinski definition) is 2. The van der Waals surface area contributed by atoms with Gasteiger partial charge in [0, 0.05) is 11.1 Å². The molecule has 0 heterocycles. The Balaban J connectivity index is 2.84. The number of rotatable bonds is 4. The van der Waals surface area contributed by atoms with Gasteiger partial charge in [-0.1, -0.05) is 29.4 Å². The van der Waals surface area contributed by atoms with Crippen molar-refractivity contribution in [3.8, 4) is 0 Å². The molecule has 0 saturated carbocycles. The molecule has 0 aromatic heterocycles. The molecule has 1 aromatic carbocycles. The first-order valence-corrected chi connectivity index (χ1v) is 4.28. The van der Waals surface area contributed by atoms with Crippen LogP contribution in [0.2, 0.25) is 0 Å². The van der Waals surface area contributed by atoms with E-state index < -0.39 is 6.43 Å². The number of benzene rings is 1. The molecule has 0 fully saturated rings. The van der Waals surface area contributed by atoms with Crippen LogP contribution < -0.4 is 0 Å². The lowest BCUT2D eigenvalue weighted by Crippen LogP contribution is -1.93. The van der Waals surface area contributed by atoms with Gasteiger partial charge < -0.3 is 4.84 Å². The van der Waals surface area contributed by atoms with E-state index in [-0.39, 0.29) is 5.56 Å². The molecular formula is C10H11F2NO. The van der Waals surface area contributed by atoms with Gasteiger partial charge in [0.05, 0.1) is 6.21 Å². The second-order valence-electron chi connectivity index (χ2n) is 2.58. The minimum Gasteiger partial charge on any atom is -0.396 e. The SMILES string of the molecule is CCON=Cc1ccccc1C(F)F. The lowest BCUT2D eigenvalue weighted by Gasteiger charge is -2.02. The molecule has 0 spiro atoms. The predicted octanol–water partition coefficient (Wildman–Crippen LogP) is 2.99. The minimum absolute atomic E-state index is 0.0315. The minimum atomic E-state index is -2.49. The molecule has 0 bridgehead atoms. The molecule has 0 aliphatic heterocycles. The van der Waals surface area contributed by atoms with Crippen molar-refractivity contribution < 1.29 is 13.6 Å². The number of alkyl halides is 2. The van der Waals surface area contributed by atoms with Crippen molar-refractivity contribution in [2.75, 3.05) is 6.61 Å². The normalized spacial score (nSPS) is 11.1. The average Bonchev–Trinajstić information content (AvgIpc) is 2.19. The molecule has 1 rings (SSSR count). The van der Waals surface area contributed by atoms with E-state index in [1.807, 2.05) is 0 Å². The summed E-state index contributed by atoms with van der Waals surface area (Å²) >= 11 is 0. The van der Waals surface area contributed by atoms with Crippen LogP contribution in [0.5, 0.6) is 0 Å². The maximum atomic E-state index is 12.4. The van der Waals surface area contributed by atoms with Crippen LogP contribution in [0.1, 0.15) is 24.5 Å². The van der Waals surface area contributed by atoms with E-state index >= 15 is 0 Å². The fourth-order valence-corrected chi connectivity index (χ4v) is 0.996. The summed E-state index contributed by atoms with van der Waals surface area (Å²) in [7, 11) is 0. The quantitative estimate of drug-likeness (QED) is 0.539. The predicted molar refractivity (Wildman–Crippen MR) is 50.6 cm³/mol. The average molecular weight is 199 g/mol. The van der Waals surface area contributed by atoms with Crippen LogP contribution in [0.4, 0.5) is 8.78 Å². The highest BCUT2D eigenvalue weighted by molar-refractivity contribution is 5.81. The fraction of sp³-hybridized carbons (Fsp3) is 0.300. The monoisotopic (exact) mass is 199 g/mol. The topological polar surface area (TPSA) is 21.6 Å². The van der Waals surface area contributed by atoms with E-state index in [4.69, 9.17) is 4.84 Å². The molecule has 0 aliphatic carbocycles. The Morgan fingerprint density at radius 2 is 2.14 bits per heavy atom. The fourth-order valence-electron chi connectivity index (χ4n) is 0.996. The molecule has 76 valence electrons. The molecular weight excluding hydrogens is 188 g/mol. The largest absolute Gasteiger partial charge is 0.396 e. The summed E-state index contributed by atoms with van der Waals surface area (Å²) in [6.45, 7) is 2.20. The van der Waals surface area contributed by atoms with Crippen molar-refractivity contribution in [2.45, 2.75) is 13.3 Å². The second kappa shape index (κ2) is 5.32. The first-order valence-electron chi connectivity index (χ1n) is 4.28. The van der Waals surface area contributed by atoms with E-state index in [2.05, 4.69) is 5.16 Å². The third-order valence-electron chi connectivity index (χ3n) is 1.63. The van der Waals surface area contributed by atoms with Crippen molar-refractivity contribution >= 4 is 6.21 Å². The Labute approximate surface area is 81.2 Å². The highest BCUT2D eigenvalue weighted by Gasteiger charge is 2.10. The van der Waals surface area contributed by atoms with Crippen LogP contribution in [0.25, 0.3) is 0 Å². The van der Waals surface area contributed by atoms with Crippen molar-refractivity contribution in [3.63, 3.8) is 0 Å². The first-order chi connectivity index (χ1) is 6.75. The summed E-state index contributed by atoms with van der Waals surface area (Å²) in [5.74, 6) is 0. The number of nitrogens with zero attached hydrogens (tertiary/aromatic N) is 1. The number of oxime groups is 1. The molecule has 0 N–H and O–H groups in total. The summed E-state index contributed by atoms with van der Waals surface area (Å²) in [5.41, 5.74) is 0.354. The zero-order valence-electron chi connectivity index (χ0n) is 7.78. The van der Waals surface area contributed by atoms with E-state index in [0.717, 1.165) is 0 Å². The van der Waals surface area contributed by atoms with Crippen molar-refractivity contribution in [1.29, 1.82) is 0 Å². The van der Waals surface area contributed by atoms with Gasteiger partial charge in [-0.15, -0.1) is 0 Å². The lowest BCUT2D eigenvalue weighted by atomic mass is 10.1. The van der Waals surface area contributed by atoms with Gasteiger partial charge in [0.1, 0.15) is 6.61 Å². The Morgan fingerprint density at radius 3 is 2.79 bits per heavy atom. The third-order valence-corrected chi connectivity index (χ3v) is 1.63. The number of hydrogen-bond donors (Lipinski definition) is 0. The van der Waals surface area contributed by atoms with Crippen molar-refractivity contribution in [3.05, 3.63) is 35.4 Å². The molecule has 0 radical (unpaired) electrons. The summed E-state index contributed by atoms with van der Waals surface area (Å²) in [5, 5.41) is 3.54. The molecule has 0 atom stereocenters. The van der Waals surface area contributed by atoms with Gasteiger partial charge >= 0.3 is 0 Å². The second-order valence-corrected chi connectivity index (χ2v) is 2.58. The Bertz CT molecular complexity index is 313. The van der Waals surface area contributed by atoms with Gasteiger partial charge in [-0.05, 0) is 6.92 Å². The molecule has 0 unspecified atom stereocenters. The van der Waals surface area contributed by atoms with Crippen LogP contribution in [0.15, 0.2) is 29.4 Å². The summed E-state index contributed by atoms with van der Waals surface area (Å²) in [6.07, 6.45) is -1.19. The molecule has 14 heavy (non-hydrogen) atoms. The zero-order valence-corrected chi connectivity index (χ0v) is 7.78. The van der Waals surface area contributed by atoms with Gasteiger partial charge in [-0.25, -0.2) is 8.78 Å². The van der Waals surface area contributed by atoms with Crippen LogP contribution >= 0.6 is 0 Å². The number of halogens is 2. The standard InChI is InChI=1S/C10H11F2NO/c1-2-14-13-7-8-5-3-4-6-9(8)10(11)12/h3-7,10H,2H2,1H3. The highest BCUT2D eigenvalue weighted by atomic mass is 19.3. The molecule has 2 nitrogen and oxygen atoms in total. The molecule has 4 heteroatoms. The maximum absolute atomic E-state index is 12.4. The maximum Gasteiger partial charge on any atom is 0.264 e. The van der Waals surface area contributed by atoms with E-state index in [1.165, 1.54) is 12.3 Å².